The Bertz CT molecular complexity index is 567. The van der Waals surface area contributed by atoms with E-state index >= 15 is 0 Å². The summed E-state index contributed by atoms with van der Waals surface area (Å²) in [6.07, 6.45) is 1.18. The van der Waals surface area contributed by atoms with Crippen LogP contribution in [0.3, 0.4) is 0 Å². The van der Waals surface area contributed by atoms with Gasteiger partial charge in [0, 0.05) is 26.2 Å². The third-order valence-electron chi connectivity index (χ3n) is 4.16. The van der Waals surface area contributed by atoms with Crippen molar-refractivity contribution in [3.8, 4) is 0 Å². The molecular weight excluding hydrogens is 256 g/mol. The highest BCUT2D eigenvalue weighted by atomic mass is 15.1. The van der Waals surface area contributed by atoms with Crippen LogP contribution in [0.15, 0.2) is 48.5 Å². The number of rotatable bonds is 6. The van der Waals surface area contributed by atoms with Crippen LogP contribution in [0, 0.1) is 0 Å². The van der Waals surface area contributed by atoms with Crippen molar-refractivity contribution in [1.82, 2.24) is 10.2 Å². The van der Waals surface area contributed by atoms with Gasteiger partial charge in [0.25, 0.3) is 0 Å². The molecule has 2 aromatic rings. The minimum absolute atomic E-state index is 0.977. The summed E-state index contributed by atoms with van der Waals surface area (Å²) in [5.74, 6) is 0. The summed E-state index contributed by atoms with van der Waals surface area (Å²) in [6, 6.07) is 17.6. The largest absolute Gasteiger partial charge is 0.313 e. The van der Waals surface area contributed by atoms with E-state index in [9.17, 15) is 0 Å². The molecule has 0 radical (unpaired) electrons. The van der Waals surface area contributed by atoms with Crippen molar-refractivity contribution in [2.75, 3.05) is 6.54 Å². The molecule has 21 heavy (non-hydrogen) atoms. The molecule has 0 aliphatic carbocycles. The molecule has 2 heteroatoms. The van der Waals surface area contributed by atoms with E-state index in [0.717, 1.165) is 32.7 Å². The van der Waals surface area contributed by atoms with E-state index in [1.54, 1.807) is 0 Å². The first-order chi connectivity index (χ1) is 10.4. The number of fused-ring (bicyclic) bond motifs is 1. The van der Waals surface area contributed by atoms with Gasteiger partial charge >= 0.3 is 0 Å². The van der Waals surface area contributed by atoms with E-state index in [-0.39, 0.29) is 0 Å². The summed E-state index contributed by atoms with van der Waals surface area (Å²) < 4.78 is 0. The van der Waals surface area contributed by atoms with Crippen LogP contribution in [0.5, 0.6) is 0 Å². The smallest absolute Gasteiger partial charge is 0.0244 e. The quantitative estimate of drug-likeness (QED) is 0.812. The molecule has 1 aliphatic heterocycles. The van der Waals surface area contributed by atoms with Gasteiger partial charge in [-0.15, -0.1) is 0 Å². The molecule has 1 N–H and O–H groups in total. The van der Waals surface area contributed by atoms with Crippen molar-refractivity contribution in [2.24, 2.45) is 0 Å². The topological polar surface area (TPSA) is 15.3 Å². The molecule has 110 valence electrons. The van der Waals surface area contributed by atoms with Gasteiger partial charge in [-0.2, -0.15) is 0 Å². The van der Waals surface area contributed by atoms with Crippen LogP contribution >= 0.6 is 0 Å². The second-order valence-electron chi connectivity index (χ2n) is 5.86. The maximum atomic E-state index is 3.52. The molecule has 2 nitrogen and oxygen atoms in total. The predicted molar refractivity (Wildman–Crippen MR) is 87.8 cm³/mol. The highest BCUT2D eigenvalue weighted by Crippen LogP contribution is 2.24. The minimum Gasteiger partial charge on any atom is -0.313 e. The summed E-state index contributed by atoms with van der Waals surface area (Å²) in [5, 5.41) is 3.52. The maximum absolute atomic E-state index is 3.52. The van der Waals surface area contributed by atoms with E-state index in [0.29, 0.717) is 0 Å². The normalized spacial score (nSPS) is 14.3. The van der Waals surface area contributed by atoms with Crippen molar-refractivity contribution in [3.63, 3.8) is 0 Å². The summed E-state index contributed by atoms with van der Waals surface area (Å²) >= 11 is 0. The van der Waals surface area contributed by atoms with Gasteiger partial charge in [0.15, 0.2) is 0 Å². The molecule has 3 rings (SSSR count). The molecule has 1 heterocycles. The fourth-order valence-corrected chi connectivity index (χ4v) is 3.04. The summed E-state index contributed by atoms with van der Waals surface area (Å²) in [6.45, 7) is 7.47. The van der Waals surface area contributed by atoms with E-state index in [2.05, 4.69) is 65.7 Å². The Hall–Kier alpha value is -1.64. The maximum Gasteiger partial charge on any atom is 0.0244 e. The summed E-state index contributed by atoms with van der Waals surface area (Å²) in [4.78, 5) is 2.53. The van der Waals surface area contributed by atoms with Crippen LogP contribution in [0.2, 0.25) is 0 Å². The summed E-state index contributed by atoms with van der Waals surface area (Å²) in [5.41, 5.74) is 5.86. The number of hydrogen-bond acceptors (Lipinski definition) is 2. The van der Waals surface area contributed by atoms with Gasteiger partial charge in [-0.1, -0.05) is 55.5 Å². The number of hydrogen-bond donors (Lipinski definition) is 1. The van der Waals surface area contributed by atoms with Gasteiger partial charge in [-0.25, -0.2) is 0 Å². The third kappa shape index (κ3) is 3.52. The lowest BCUT2D eigenvalue weighted by Crippen LogP contribution is -2.19. The van der Waals surface area contributed by atoms with Crippen LogP contribution < -0.4 is 5.32 Å². The van der Waals surface area contributed by atoms with Crippen molar-refractivity contribution in [3.05, 3.63) is 70.8 Å². The van der Waals surface area contributed by atoms with E-state index in [4.69, 9.17) is 0 Å². The fourth-order valence-electron chi connectivity index (χ4n) is 3.04. The van der Waals surface area contributed by atoms with E-state index in [1.807, 2.05) is 0 Å². The van der Waals surface area contributed by atoms with Crippen molar-refractivity contribution in [2.45, 2.75) is 39.5 Å². The average Bonchev–Trinajstić information content (AvgIpc) is 2.91. The molecule has 0 saturated heterocycles. The van der Waals surface area contributed by atoms with Crippen molar-refractivity contribution >= 4 is 0 Å². The fraction of sp³-hybridized carbons (Fsp3) is 0.368. The molecule has 0 atom stereocenters. The molecule has 0 aromatic heterocycles. The van der Waals surface area contributed by atoms with E-state index < -0.39 is 0 Å². The molecule has 0 saturated carbocycles. The van der Waals surface area contributed by atoms with Gasteiger partial charge < -0.3 is 5.32 Å². The molecule has 0 unspecified atom stereocenters. The van der Waals surface area contributed by atoms with Gasteiger partial charge in [0.05, 0.1) is 0 Å². The minimum atomic E-state index is 0.977. The average molecular weight is 280 g/mol. The Morgan fingerprint density at radius 2 is 1.52 bits per heavy atom. The number of nitrogens with one attached hydrogen (secondary N) is 1. The lowest BCUT2D eigenvalue weighted by molar-refractivity contribution is 0.274. The van der Waals surface area contributed by atoms with Gasteiger partial charge in [0.2, 0.25) is 0 Å². The second-order valence-corrected chi connectivity index (χ2v) is 5.86. The third-order valence-corrected chi connectivity index (χ3v) is 4.16. The SMILES string of the molecule is CCCNCc1ccccc1CN1Cc2ccccc2C1. The Kier molecular flexibility index (Phi) is 4.69. The molecule has 0 bridgehead atoms. The first kappa shape index (κ1) is 14.3. The first-order valence-electron chi connectivity index (χ1n) is 7.93. The monoisotopic (exact) mass is 280 g/mol. The summed E-state index contributed by atoms with van der Waals surface area (Å²) in [7, 11) is 0. The van der Waals surface area contributed by atoms with Crippen LogP contribution in [0.25, 0.3) is 0 Å². The molecule has 2 aromatic carbocycles. The highest BCUT2D eigenvalue weighted by Gasteiger charge is 2.18. The highest BCUT2D eigenvalue weighted by molar-refractivity contribution is 5.32. The zero-order chi connectivity index (χ0) is 14.5. The van der Waals surface area contributed by atoms with Crippen LogP contribution in [-0.2, 0) is 26.2 Å². The van der Waals surface area contributed by atoms with Gasteiger partial charge in [-0.3, -0.25) is 4.90 Å². The number of benzene rings is 2. The van der Waals surface area contributed by atoms with Crippen LogP contribution in [0.4, 0.5) is 0 Å². The van der Waals surface area contributed by atoms with Crippen LogP contribution in [0.1, 0.15) is 35.6 Å². The molecule has 1 aliphatic rings. The second kappa shape index (κ2) is 6.88. The van der Waals surface area contributed by atoms with Crippen molar-refractivity contribution < 1.29 is 0 Å². The lowest BCUT2D eigenvalue weighted by Gasteiger charge is -2.18. The Balaban J connectivity index is 1.66. The van der Waals surface area contributed by atoms with Gasteiger partial charge in [0.1, 0.15) is 0 Å². The molecule has 0 spiro atoms. The van der Waals surface area contributed by atoms with Crippen LogP contribution in [-0.4, -0.2) is 11.4 Å². The van der Waals surface area contributed by atoms with Crippen molar-refractivity contribution in [1.29, 1.82) is 0 Å². The lowest BCUT2D eigenvalue weighted by atomic mass is 10.1. The Labute approximate surface area is 127 Å². The standard InChI is InChI=1S/C19H24N2/c1-2-11-20-12-16-7-3-4-8-17(16)13-21-14-18-9-5-6-10-19(18)15-21/h3-10,20H,2,11-15H2,1H3. The number of nitrogens with zero attached hydrogens (tertiary/aromatic N) is 1. The predicted octanol–water partition coefficient (Wildman–Crippen LogP) is 3.70. The molecule has 0 fully saturated rings. The molecular formula is C19H24N2. The zero-order valence-electron chi connectivity index (χ0n) is 12.8. The van der Waals surface area contributed by atoms with Gasteiger partial charge in [-0.05, 0) is 35.2 Å². The zero-order valence-corrected chi connectivity index (χ0v) is 12.8. The van der Waals surface area contributed by atoms with E-state index in [1.165, 1.54) is 28.7 Å². The Morgan fingerprint density at radius 1 is 0.905 bits per heavy atom. The molecule has 0 amide bonds. The Morgan fingerprint density at radius 3 is 2.19 bits per heavy atom. The first-order valence-corrected chi connectivity index (χ1v) is 7.93.